The second-order valence-corrected chi connectivity index (χ2v) is 19.5. The van der Waals surface area contributed by atoms with Crippen LogP contribution in [0.25, 0.3) is 81.0 Å². The third-order valence-corrected chi connectivity index (χ3v) is 15.8. The van der Waals surface area contributed by atoms with E-state index in [1.165, 1.54) is 92.0 Å². The van der Waals surface area contributed by atoms with Crippen LogP contribution in [0.5, 0.6) is 0 Å². The lowest BCUT2D eigenvalue weighted by Gasteiger charge is -2.34. The molecule has 11 aromatic carbocycles. The molecule has 1 aliphatic carbocycles. The van der Waals surface area contributed by atoms with Crippen molar-refractivity contribution in [2.75, 3.05) is 4.90 Å². The molecule has 0 amide bonds. The highest BCUT2D eigenvalue weighted by Crippen LogP contribution is 2.59. The highest BCUT2D eigenvalue weighted by atomic mass is 32.1. The minimum Gasteiger partial charge on any atom is -0.310 e. The van der Waals surface area contributed by atoms with Crippen molar-refractivity contribution in [3.63, 3.8) is 0 Å². The van der Waals surface area contributed by atoms with Crippen LogP contribution in [0.3, 0.4) is 0 Å². The molecule has 328 valence electrons. The fourth-order valence-electron chi connectivity index (χ4n) is 11.6. The number of thiophene rings is 1. The number of anilines is 3. The lowest BCUT2D eigenvalue weighted by Crippen LogP contribution is -2.28. The van der Waals surface area contributed by atoms with E-state index >= 15 is 0 Å². The number of hydrogen-bond acceptors (Lipinski definition) is 2. The fourth-order valence-corrected chi connectivity index (χ4v) is 12.8. The van der Waals surface area contributed by atoms with Crippen LogP contribution in [-0.4, -0.2) is 4.57 Å². The number of rotatable bonds is 8. The topological polar surface area (TPSA) is 8.17 Å². The minimum absolute atomic E-state index is 0.517. The van der Waals surface area contributed by atoms with Gasteiger partial charge < -0.3 is 9.47 Å². The summed E-state index contributed by atoms with van der Waals surface area (Å²) < 4.78 is 5.03. The molecule has 0 atom stereocenters. The third kappa shape index (κ3) is 6.19. The molecule has 0 aliphatic heterocycles. The molecule has 2 aromatic heterocycles. The summed E-state index contributed by atoms with van der Waals surface area (Å²) in [6.07, 6.45) is 0. The number of fused-ring (bicyclic) bond motifs is 9. The van der Waals surface area contributed by atoms with Crippen molar-refractivity contribution in [3.05, 3.63) is 289 Å². The lowest BCUT2D eigenvalue weighted by molar-refractivity contribution is 0.768. The van der Waals surface area contributed by atoms with Crippen molar-refractivity contribution >= 4 is 70.4 Å². The van der Waals surface area contributed by atoms with E-state index in [0.29, 0.717) is 0 Å². The van der Waals surface area contributed by atoms with Gasteiger partial charge in [0.15, 0.2) is 0 Å². The zero-order chi connectivity index (χ0) is 46.2. The number of benzene rings is 11. The average Bonchev–Trinajstić information content (AvgIpc) is 4.08. The van der Waals surface area contributed by atoms with Crippen molar-refractivity contribution in [2.24, 2.45) is 0 Å². The SMILES string of the molecule is c1ccc(C2(c3ccccc3)c3ccccc3-c3c(N(c4ccc(-c5cccc(-n6c7ccccc7c7ccccc76)c5)cc4)c4ccc(-c5ccc6c(c5)sc5ccccc56)cc4)cccc32)cc1. The minimum atomic E-state index is -0.517. The number of para-hydroxylation sites is 2. The average molecular weight is 909 g/mol. The third-order valence-electron chi connectivity index (χ3n) is 14.7. The summed E-state index contributed by atoms with van der Waals surface area (Å²) in [6, 6.07) is 98.6. The fraction of sp³-hybridized carbons (Fsp3) is 0.0149. The van der Waals surface area contributed by atoms with Crippen LogP contribution in [0.4, 0.5) is 17.1 Å². The van der Waals surface area contributed by atoms with Crippen molar-refractivity contribution in [1.82, 2.24) is 4.57 Å². The molecule has 0 saturated carbocycles. The Hall–Kier alpha value is -8.76. The quantitative estimate of drug-likeness (QED) is 0.147. The van der Waals surface area contributed by atoms with E-state index in [0.717, 1.165) is 28.3 Å². The monoisotopic (exact) mass is 908 g/mol. The highest BCUT2D eigenvalue weighted by molar-refractivity contribution is 7.25. The predicted molar refractivity (Wildman–Crippen MR) is 297 cm³/mol. The van der Waals surface area contributed by atoms with E-state index in [1.807, 2.05) is 11.3 Å². The van der Waals surface area contributed by atoms with Crippen LogP contribution >= 0.6 is 11.3 Å². The van der Waals surface area contributed by atoms with E-state index in [4.69, 9.17) is 0 Å². The van der Waals surface area contributed by atoms with Crippen molar-refractivity contribution in [2.45, 2.75) is 5.41 Å². The van der Waals surface area contributed by atoms with E-state index in [9.17, 15) is 0 Å². The van der Waals surface area contributed by atoms with Gasteiger partial charge in [0.25, 0.3) is 0 Å². The maximum absolute atomic E-state index is 2.47. The van der Waals surface area contributed by atoms with Gasteiger partial charge in [-0.2, -0.15) is 0 Å². The standard InChI is InChI=1S/C67H44N2S/c1-3-18-49(19-4-1)67(50-20-5-2-6-21-50)59-27-11-7-26-58(59)66-60(67)28-16-31-63(66)68(52-40-35-46(36-41-52)48-37-42-57-56-25-10-14-32-64(56)70-65(57)44-48)51-38-33-45(34-39-51)47-17-15-22-53(43-47)69-61-29-12-8-23-54(61)55-24-9-13-30-62(55)69/h1-44H. The van der Waals surface area contributed by atoms with Gasteiger partial charge in [-0.25, -0.2) is 0 Å². The van der Waals surface area contributed by atoms with E-state index in [2.05, 4.69) is 276 Å². The summed E-state index contributed by atoms with van der Waals surface area (Å²) >= 11 is 1.87. The first-order valence-electron chi connectivity index (χ1n) is 24.1. The van der Waals surface area contributed by atoms with Gasteiger partial charge >= 0.3 is 0 Å². The van der Waals surface area contributed by atoms with Crippen LogP contribution in [0.15, 0.2) is 267 Å². The van der Waals surface area contributed by atoms with Crippen molar-refractivity contribution in [1.29, 1.82) is 0 Å². The maximum Gasteiger partial charge on any atom is 0.0714 e. The molecule has 0 N–H and O–H groups in total. The van der Waals surface area contributed by atoms with Gasteiger partial charge in [0.2, 0.25) is 0 Å². The van der Waals surface area contributed by atoms with Gasteiger partial charge in [0.1, 0.15) is 0 Å². The van der Waals surface area contributed by atoms with Crippen LogP contribution < -0.4 is 4.90 Å². The Kier molecular flexibility index (Phi) is 9.33. The van der Waals surface area contributed by atoms with Gasteiger partial charge in [-0.1, -0.05) is 200 Å². The van der Waals surface area contributed by atoms with Crippen LogP contribution in [-0.2, 0) is 5.41 Å². The largest absolute Gasteiger partial charge is 0.310 e. The van der Waals surface area contributed by atoms with Crippen LogP contribution in [0, 0.1) is 0 Å². The Labute approximate surface area is 411 Å². The summed E-state index contributed by atoms with van der Waals surface area (Å²) in [5.41, 5.74) is 18.7. The molecule has 13 aromatic rings. The molecule has 0 bridgehead atoms. The van der Waals surface area contributed by atoms with Gasteiger partial charge in [-0.15, -0.1) is 11.3 Å². The van der Waals surface area contributed by atoms with E-state index < -0.39 is 5.41 Å². The molecule has 0 spiro atoms. The number of aromatic nitrogens is 1. The zero-order valence-corrected chi connectivity index (χ0v) is 39.0. The second-order valence-electron chi connectivity index (χ2n) is 18.4. The molecule has 2 nitrogen and oxygen atoms in total. The Morgan fingerprint density at radius 2 is 0.857 bits per heavy atom. The highest BCUT2D eigenvalue weighted by Gasteiger charge is 2.47. The van der Waals surface area contributed by atoms with Gasteiger partial charge in [0, 0.05) is 53.6 Å². The second kappa shape index (κ2) is 16.2. The molecular weight excluding hydrogens is 865 g/mol. The molecule has 1 aliphatic rings. The molecule has 14 rings (SSSR count). The lowest BCUT2D eigenvalue weighted by atomic mass is 9.68. The Balaban J connectivity index is 0.930. The number of hydrogen-bond donors (Lipinski definition) is 0. The molecule has 0 fully saturated rings. The van der Waals surface area contributed by atoms with E-state index in [1.54, 1.807) is 0 Å². The smallest absolute Gasteiger partial charge is 0.0714 e. The molecular formula is C67H44N2S. The maximum atomic E-state index is 2.47. The molecule has 2 heterocycles. The molecule has 3 heteroatoms. The van der Waals surface area contributed by atoms with Crippen LogP contribution in [0.1, 0.15) is 22.3 Å². The van der Waals surface area contributed by atoms with Gasteiger partial charge in [0.05, 0.1) is 22.1 Å². The van der Waals surface area contributed by atoms with Crippen LogP contribution in [0.2, 0.25) is 0 Å². The Morgan fingerprint density at radius 1 is 0.343 bits per heavy atom. The first-order valence-corrected chi connectivity index (χ1v) is 24.9. The summed E-state index contributed by atoms with van der Waals surface area (Å²) in [7, 11) is 0. The van der Waals surface area contributed by atoms with Gasteiger partial charge in [-0.3, -0.25) is 0 Å². The zero-order valence-electron chi connectivity index (χ0n) is 38.2. The molecule has 70 heavy (non-hydrogen) atoms. The predicted octanol–water partition coefficient (Wildman–Crippen LogP) is 18.3. The van der Waals surface area contributed by atoms with Crippen molar-refractivity contribution < 1.29 is 0 Å². The molecule has 0 unspecified atom stereocenters. The first kappa shape index (κ1) is 40.3. The first-order chi connectivity index (χ1) is 34.7. The van der Waals surface area contributed by atoms with Crippen molar-refractivity contribution in [3.8, 4) is 39.1 Å². The summed E-state index contributed by atoms with van der Waals surface area (Å²) in [5, 5.41) is 5.16. The molecule has 0 saturated heterocycles. The Morgan fingerprint density at radius 3 is 1.53 bits per heavy atom. The Bertz CT molecular complexity index is 4020. The summed E-state index contributed by atoms with van der Waals surface area (Å²) in [5.74, 6) is 0. The summed E-state index contributed by atoms with van der Waals surface area (Å²) in [4.78, 5) is 2.47. The van der Waals surface area contributed by atoms with E-state index in [-0.39, 0.29) is 0 Å². The van der Waals surface area contributed by atoms with Gasteiger partial charge in [-0.05, 0) is 117 Å². The number of nitrogens with zero attached hydrogens (tertiary/aromatic N) is 2. The molecule has 0 radical (unpaired) electrons. The normalized spacial score (nSPS) is 12.7. The summed E-state index contributed by atoms with van der Waals surface area (Å²) in [6.45, 7) is 0.